The summed E-state index contributed by atoms with van der Waals surface area (Å²) in [4.78, 5) is 0. The summed E-state index contributed by atoms with van der Waals surface area (Å²) in [6.07, 6.45) is 0. The highest BCUT2D eigenvalue weighted by Crippen LogP contribution is 1.96. The molecular weight excluding hydrogens is 195 g/mol. The zero-order valence-corrected chi connectivity index (χ0v) is 9.06. The second kappa shape index (κ2) is 4.81. The second-order valence-electron chi connectivity index (χ2n) is 2.44. The maximum atomic E-state index is 5.93. The fourth-order valence-corrected chi connectivity index (χ4v) is 2.95. The van der Waals surface area contributed by atoms with Gasteiger partial charge in [-0.15, -0.1) is 23.2 Å². The lowest BCUT2D eigenvalue weighted by Crippen LogP contribution is -2.24. The molecule has 0 aliphatic heterocycles. The van der Waals surface area contributed by atoms with Crippen LogP contribution in [-0.2, 0) is 0 Å². The summed E-state index contributed by atoms with van der Waals surface area (Å²) in [7, 11) is -0.354. The molecule has 0 bridgehead atoms. The Labute approximate surface area is 79.3 Å². The Morgan fingerprint density at radius 2 is 1.91 bits per heavy atom. The zero-order chi connectivity index (χ0) is 8.10. The maximum absolute atomic E-state index is 5.93. The van der Waals surface area contributed by atoms with Gasteiger partial charge in [0, 0.05) is 10.9 Å². The number of alkyl halides is 2. The van der Waals surface area contributed by atoms with E-state index in [4.69, 9.17) is 23.2 Å². The first-order valence-electron chi connectivity index (χ1n) is 3.57. The first kappa shape index (κ1) is 9.11. The van der Waals surface area contributed by atoms with Crippen LogP contribution < -0.4 is 5.19 Å². The molecule has 0 aromatic heterocycles. The van der Waals surface area contributed by atoms with E-state index >= 15 is 0 Å². The van der Waals surface area contributed by atoms with Gasteiger partial charge in [0.25, 0.3) is 0 Å². The van der Waals surface area contributed by atoms with Crippen molar-refractivity contribution in [3.63, 3.8) is 0 Å². The molecule has 0 heterocycles. The normalized spacial score (nSPS) is 14.0. The predicted octanol–water partition coefficient (Wildman–Crippen LogP) is 1.28. The summed E-state index contributed by atoms with van der Waals surface area (Å²) < 4.78 is 0. The summed E-state index contributed by atoms with van der Waals surface area (Å²) in [6.45, 7) is 0. The minimum absolute atomic E-state index is 0.194. The molecule has 0 saturated heterocycles. The lowest BCUT2D eigenvalue weighted by atomic mass is 10.4. The average Bonchev–Trinajstić information content (AvgIpc) is 2.06. The summed E-state index contributed by atoms with van der Waals surface area (Å²) in [5, 5.41) is 1.58. The third kappa shape index (κ3) is 3.28. The van der Waals surface area contributed by atoms with Crippen LogP contribution in [0.5, 0.6) is 0 Å². The van der Waals surface area contributed by atoms with Crippen molar-refractivity contribution in [3.05, 3.63) is 30.3 Å². The Hall–Kier alpha value is 0.0169. The molecule has 60 valence electrons. The van der Waals surface area contributed by atoms with Gasteiger partial charge in [0.1, 0.15) is 0 Å². The number of rotatable bonds is 3. The molecule has 0 spiro atoms. The lowest BCUT2D eigenvalue weighted by molar-refractivity contribution is 1.38. The van der Waals surface area contributed by atoms with E-state index in [1.807, 2.05) is 18.2 Å². The van der Waals surface area contributed by atoms with Crippen LogP contribution in [0.3, 0.4) is 0 Å². The first-order chi connectivity index (χ1) is 5.33. The molecule has 11 heavy (non-hydrogen) atoms. The van der Waals surface area contributed by atoms with Crippen LogP contribution in [0, 0.1) is 0 Å². The van der Waals surface area contributed by atoms with Crippen LogP contribution in [0.25, 0.3) is 0 Å². The van der Waals surface area contributed by atoms with Crippen molar-refractivity contribution in [2.24, 2.45) is 0 Å². The number of hydrogen-bond donors (Lipinski definition) is 0. The first-order valence-corrected chi connectivity index (χ1v) is 6.06. The highest BCUT2D eigenvalue weighted by Gasteiger charge is 2.03. The molecule has 0 nitrogen and oxygen atoms in total. The van der Waals surface area contributed by atoms with Crippen LogP contribution in [-0.4, -0.2) is 20.4 Å². The van der Waals surface area contributed by atoms with Gasteiger partial charge in [-0.1, -0.05) is 35.5 Å². The summed E-state index contributed by atoms with van der Waals surface area (Å²) in [6, 6.07) is 10.3. The fourth-order valence-electron chi connectivity index (χ4n) is 0.924. The van der Waals surface area contributed by atoms with E-state index in [-0.39, 0.29) is 14.5 Å². The topological polar surface area (TPSA) is 0 Å². The molecule has 0 aliphatic rings. The van der Waals surface area contributed by atoms with Gasteiger partial charge in [0.2, 0.25) is 0 Å². The third-order valence-corrected chi connectivity index (χ3v) is 4.66. The van der Waals surface area contributed by atoms with E-state index in [1.165, 1.54) is 5.19 Å². The van der Waals surface area contributed by atoms with Gasteiger partial charge in [-0.25, -0.2) is 0 Å². The second-order valence-corrected chi connectivity index (χ2v) is 6.10. The van der Waals surface area contributed by atoms with Gasteiger partial charge in [-0.3, -0.25) is 0 Å². The van der Waals surface area contributed by atoms with Crippen molar-refractivity contribution in [2.45, 2.75) is 5.00 Å². The van der Waals surface area contributed by atoms with Crippen LogP contribution in [0.2, 0.25) is 0 Å². The Morgan fingerprint density at radius 3 is 2.45 bits per heavy atom. The van der Waals surface area contributed by atoms with E-state index in [0.29, 0.717) is 5.88 Å². The van der Waals surface area contributed by atoms with Crippen molar-refractivity contribution in [1.29, 1.82) is 0 Å². The number of benzene rings is 1. The summed E-state index contributed by atoms with van der Waals surface area (Å²) in [5.74, 6) is 0.572. The van der Waals surface area contributed by atoms with Gasteiger partial charge in [-0.2, -0.15) is 0 Å². The molecule has 0 amide bonds. The quantitative estimate of drug-likeness (QED) is 0.515. The van der Waals surface area contributed by atoms with Crippen LogP contribution >= 0.6 is 23.2 Å². The van der Waals surface area contributed by atoms with Gasteiger partial charge in [0.15, 0.2) is 0 Å². The minimum atomic E-state index is -0.354. The molecule has 1 aromatic rings. The molecule has 0 radical (unpaired) electrons. The van der Waals surface area contributed by atoms with Gasteiger partial charge in [-0.05, 0) is 0 Å². The molecule has 1 atom stereocenters. The van der Waals surface area contributed by atoms with Crippen molar-refractivity contribution < 1.29 is 0 Å². The standard InChI is InChI=1S/C8H10Cl2Si/c9-6-8(10)11-7-4-2-1-3-5-7/h1-5,8H,6,11H2. The number of hydrogen-bond acceptors (Lipinski definition) is 0. The molecule has 0 saturated carbocycles. The van der Waals surface area contributed by atoms with Crippen molar-refractivity contribution >= 4 is 37.9 Å². The van der Waals surface area contributed by atoms with Crippen molar-refractivity contribution in [3.8, 4) is 0 Å². The molecule has 3 heteroatoms. The smallest absolute Gasteiger partial charge is 0.0768 e. The van der Waals surface area contributed by atoms with E-state index < -0.39 is 0 Å². The monoisotopic (exact) mass is 204 g/mol. The van der Waals surface area contributed by atoms with E-state index in [2.05, 4.69) is 12.1 Å². The molecule has 1 aromatic carbocycles. The minimum Gasteiger partial charge on any atom is -0.126 e. The summed E-state index contributed by atoms with van der Waals surface area (Å²) in [5.41, 5.74) is 0. The van der Waals surface area contributed by atoms with Crippen molar-refractivity contribution in [1.82, 2.24) is 0 Å². The Balaban J connectivity index is 2.51. The summed E-state index contributed by atoms with van der Waals surface area (Å²) >= 11 is 11.5. The van der Waals surface area contributed by atoms with Crippen LogP contribution in [0.1, 0.15) is 0 Å². The van der Waals surface area contributed by atoms with Gasteiger partial charge in [0.05, 0.1) is 9.52 Å². The third-order valence-electron chi connectivity index (χ3n) is 1.47. The lowest BCUT2D eigenvalue weighted by Gasteiger charge is -2.02. The van der Waals surface area contributed by atoms with Crippen molar-refractivity contribution in [2.75, 3.05) is 5.88 Å². The maximum Gasteiger partial charge on any atom is 0.0768 e. The predicted molar refractivity (Wildman–Crippen MR) is 55.0 cm³/mol. The molecule has 0 N–H and O–H groups in total. The van der Waals surface area contributed by atoms with E-state index in [1.54, 1.807) is 0 Å². The molecule has 0 fully saturated rings. The van der Waals surface area contributed by atoms with Gasteiger partial charge < -0.3 is 0 Å². The molecule has 1 unspecified atom stereocenters. The van der Waals surface area contributed by atoms with Crippen LogP contribution in [0.4, 0.5) is 0 Å². The molecule has 0 aliphatic carbocycles. The SMILES string of the molecule is ClCC(Cl)[SiH2]c1ccccc1. The zero-order valence-electron chi connectivity index (χ0n) is 6.13. The molecular formula is C8H10Cl2Si. The average molecular weight is 205 g/mol. The van der Waals surface area contributed by atoms with E-state index in [9.17, 15) is 0 Å². The Morgan fingerprint density at radius 1 is 1.27 bits per heavy atom. The largest absolute Gasteiger partial charge is 0.126 e. The highest BCUT2D eigenvalue weighted by molar-refractivity contribution is 6.65. The fraction of sp³-hybridized carbons (Fsp3) is 0.250. The van der Waals surface area contributed by atoms with E-state index in [0.717, 1.165) is 0 Å². The highest BCUT2D eigenvalue weighted by atomic mass is 35.5. The molecule has 1 rings (SSSR count). The Kier molecular flexibility index (Phi) is 3.98. The Bertz CT molecular complexity index is 201. The number of halogens is 2. The van der Waals surface area contributed by atoms with Crippen LogP contribution in [0.15, 0.2) is 30.3 Å². The van der Waals surface area contributed by atoms with Gasteiger partial charge >= 0.3 is 0 Å².